The number of rotatable bonds is 3. The van der Waals surface area contributed by atoms with E-state index in [4.69, 9.17) is 11.6 Å². The number of carbonyl (C=O) groups is 1. The highest BCUT2D eigenvalue weighted by molar-refractivity contribution is 6.31. The molecular formula is C15H20ClNO2. The van der Waals surface area contributed by atoms with Crippen LogP contribution in [0, 0.1) is 12.3 Å². The first-order valence-electron chi connectivity index (χ1n) is 6.61. The summed E-state index contributed by atoms with van der Waals surface area (Å²) in [4.78, 5) is 13.5. The number of aryl methyl sites for hydroxylation is 1. The minimum Gasteiger partial charge on any atom is -0.481 e. The number of carboxylic acid groups (broad SMARTS) is 1. The molecular weight excluding hydrogens is 262 g/mol. The Kier molecular flexibility index (Phi) is 4.16. The lowest BCUT2D eigenvalue weighted by atomic mass is 9.80. The quantitative estimate of drug-likeness (QED) is 0.924. The highest BCUT2D eigenvalue weighted by Crippen LogP contribution is 2.31. The molecule has 0 aliphatic carbocycles. The van der Waals surface area contributed by atoms with Crippen molar-refractivity contribution < 1.29 is 9.90 Å². The van der Waals surface area contributed by atoms with E-state index < -0.39 is 11.4 Å². The summed E-state index contributed by atoms with van der Waals surface area (Å²) < 4.78 is 0. The van der Waals surface area contributed by atoms with Crippen LogP contribution in [0.3, 0.4) is 0 Å². The predicted molar refractivity (Wildman–Crippen MR) is 76.4 cm³/mol. The molecule has 0 aromatic heterocycles. The van der Waals surface area contributed by atoms with Gasteiger partial charge in [-0.1, -0.05) is 23.7 Å². The summed E-state index contributed by atoms with van der Waals surface area (Å²) in [5.74, 6) is -0.675. The third kappa shape index (κ3) is 3.28. The van der Waals surface area contributed by atoms with Gasteiger partial charge < -0.3 is 5.11 Å². The minimum atomic E-state index is -0.675. The largest absolute Gasteiger partial charge is 0.481 e. The van der Waals surface area contributed by atoms with Crippen LogP contribution in [-0.2, 0) is 11.3 Å². The Bertz CT molecular complexity index is 479. The van der Waals surface area contributed by atoms with Gasteiger partial charge in [0.05, 0.1) is 5.41 Å². The van der Waals surface area contributed by atoms with Crippen LogP contribution in [0.1, 0.15) is 30.9 Å². The molecule has 3 nitrogen and oxygen atoms in total. The van der Waals surface area contributed by atoms with Crippen LogP contribution >= 0.6 is 11.6 Å². The van der Waals surface area contributed by atoms with E-state index in [1.807, 2.05) is 26.0 Å². The topological polar surface area (TPSA) is 40.5 Å². The predicted octanol–water partition coefficient (Wildman–Crippen LogP) is 3.34. The zero-order chi connectivity index (χ0) is 14.0. The number of piperidine rings is 1. The lowest BCUT2D eigenvalue weighted by molar-refractivity contribution is -0.150. The van der Waals surface area contributed by atoms with Crippen molar-refractivity contribution in [2.24, 2.45) is 5.41 Å². The van der Waals surface area contributed by atoms with Gasteiger partial charge in [-0.15, -0.1) is 0 Å². The molecule has 0 saturated carbocycles. The van der Waals surface area contributed by atoms with E-state index in [0.29, 0.717) is 12.8 Å². The van der Waals surface area contributed by atoms with Crippen LogP contribution in [0.15, 0.2) is 18.2 Å². The smallest absolute Gasteiger partial charge is 0.309 e. The summed E-state index contributed by atoms with van der Waals surface area (Å²) in [6.45, 7) is 6.33. The van der Waals surface area contributed by atoms with Crippen LogP contribution in [0.4, 0.5) is 0 Å². The van der Waals surface area contributed by atoms with Gasteiger partial charge in [0.15, 0.2) is 0 Å². The van der Waals surface area contributed by atoms with Gasteiger partial charge in [-0.2, -0.15) is 0 Å². The molecule has 1 aliphatic heterocycles. The molecule has 19 heavy (non-hydrogen) atoms. The maximum absolute atomic E-state index is 11.2. The van der Waals surface area contributed by atoms with Crippen molar-refractivity contribution in [1.82, 2.24) is 4.90 Å². The molecule has 0 atom stereocenters. The molecule has 2 rings (SSSR count). The van der Waals surface area contributed by atoms with E-state index in [9.17, 15) is 9.90 Å². The molecule has 1 heterocycles. The number of aliphatic carboxylic acids is 1. The number of benzene rings is 1. The highest BCUT2D eigenvalue weighted by Gasteiger charge is 2.36. The molecule has 1 N–H and O–H groups in total. The summed E-state index contributed by atoms with van der Waals surface area (Å²) >= 11 is 6.12. The number of nitrogens with zero attached hydrogens (tertiary/aromatic N) is 1. The number of halogens is 1. The van der Waals surface area contributed by atoms with Crippen molar-refractivity contribution in [3.8, 4) is 0 Å². The molecule has 0 unspecified atom stereocenters. The average molecular weight is 282 g/mol. The standard InChI is InChI=1S/C15H20ClNO2/c1-11-3-4-12(9-13(11)16)10-17-7-5-15(2,6-8-17)14(18)19/h3-4,9H,5-8,10H2,1-2H3,(H,18,19). The van der Waals surface area contributed by atoms with Gasteiger partial charge >= 0.3 is 5.97 Å². The molecule has 0 radical (unpaired) electrons. The number of likely N-dealkylation sites (tertiary alicyclic amines) is 1. The average Bonchev–Trinajstić information content (AvgIpc) is 2.37. The Balaban J connectivity index is 1.95. The van der Waals surface area contributed by atoms with E-state index in [1.54, 1.807) is 0 Å². The first kappa shape index (κ1) is 14.4. The molecule has 1 saturated heterocycles. The molecule has 4 heteroatoms. The van der Waals surface area contributed by atoms with Gasteiger partial charge in [-0.3, -0.25) is 9.69 Å². The minimum absolute atomic E-state index is 0.554. The Labute approximate surface area is 119 Å². The van der Waals surface area contributed by atoms with Crippen molar-refractivity contribution >= 4 is 17.6 Å². The Morgan fingerprint density at radius 3 is 2.58 bits per heavy atom. The van der Waals surface area contributed by atoms with Crippen LogP contribution in [0.25, 0.3) is 0 Å². The van der Waals surface area contributed by atoms with Crippen molar-refractivity contribution in [1.29, 1.82) is 0 Å². The summed E-state index contributed by atoms with van der Waals surface area (Å²) in [6, 6.07) is 6.12. The molecule has 104 valence electrons. The molecule has 1 aromatic carbocycles. The van der Waals surface area contributed by atoms with Gasteiger partial charge in [0.1, 0.15) is 0 Å². The fourth-order valence-electron chi connectivity index (χ4n) is 2.41. The molecule has 0 spiro atoms. The van der Waals surface area contributed by atoms with E-state index in [-0.39, 0.29) is 0 Å². The third-order valence-corrected chi connectivity index (χ3v) is 4.53. The second-order valence-electron chi connectivity index (χ2n) is 5.73. The first-order valence-corrected chi connectivity index (χ1v) is 6.99. The Morgan fingerprint density at radius 1 is 1.42 bits per heavy atom. The zero-order valence-electron chi connectivity index (χ0n) is 11.4. The van der Waals surface area contributed by atoms with Crippen molar-refractivity contribution in [2.75, 3.05) is 13.1 Å². The van der Waals surface area contributed by atoms with Gasteiger partial charge in [0.2, 0.25) is 0 Å². The number of hydrogen-bond acceptors (Lipinski definition) is 2. The van der Waals surface area contributed by atoms with E-state index in [2.05, 4.69) is 11.0 Å². The fraction of sp³-hybridized carbons (Fsp3) is 0.533. The number of carboxylic acids is 1. The second kappa shape index (κ2) is 5.51. The van der Waals surface area contributed by atoms with Crippen LogP contribution in [0.5, 0.6) is 0 Å². The lowest BCUT2D eigenvalue weighted by Crippen LogP contribution is -2.42. The molecule has 1 fully saturated rings. The van der Waals surface area contributed by atoms with Gasteiger partial charge in [0.25, 0.3) is 0 Å². The van der Waals surface area contributed by atoms with Crippen molar-refractivity contribution in [3.05, 3.63) is 34.3 Å². The third-order valence-electron chi connectivity index (χ3n) is 4.12. The van der Waals surface area contributed by atoms with E-state index in [0.717, 1.165) is 30.2 Å². The lowest BCUT2D eigenvalue weighted by Gasteiger charge is -2.36. The summed E-state index contributed by atoms with van der Waals surface area (Å²) in [5, 5.41) is 10.0. The van der Waals surface area contributed by atoms with Crippen LogP contribution in [0.2, 0.25) is 5.02 Å². The zero-order valence-corrected chi connectivity index (χ0v) is 12.2. The second-order valence-corrected chi connectivity index (χ2v) is 6.13. The summed E-state index contributed by atoms with van der Waals surface area (Å²) in [7, 11) is 0. The van der Waals surface area contributed by atoms with E-state index >= 15 is 0 Å². The maximum Gasteiger partial charge on any atom is 0.309 e. The Hall–Kier alpha value is -1.06. The van der Waals surface area contributed by atoms with Crippen molar-refractivity contribution in [2.45, 2.75) is 33.2 Å². The van der Waals surface area contributed by atoms with Crippen LogP contribution in [-0.4, -0.2) is 29.1 Å². The van der Waals surface area contributed by atoms with Gasteiger partial charge in [-0.25, -0.2) is 0 Å². The molecule has 0 bridgehead atoms. The Morgan fingerprint density at radius 2 is 2.05 bits per heavy atom. The molecule has 0 amide bonds. The first-order chi connectivity index (χ1) is 8.90. The van der Waals surface area contributed by atoms with Crippen molar-refractivity contribution in [3.63, 3.8) is 0 Å². The normalized spacial score (nSPS) is 19.3. The van der Waals surface area contributed by atoms with E-state index in [1.165, 1.54) is 5.56 Å². The monoisotopic (exact) mass is 281 g/mol. The fourth-order valence-corrected chi connectivity index (χ4v) is 2.61. The highest BCUT2D eigenvalue weighted by atomic mass is 35.5. The maximum atomic E-state index is 11.2. The van der Waals surface area contributed by atoms with Gasteiger partial charge in [0, 0.05) is 11.6 Å². The SMILES string of the molecule is Cc1ccc(CN2CCC(C)(C(=O)O)CC2)cc1Cl. The molecule has 1 aromatic rings. The summed E-state index contributed by atoms with van der Waals surface area (Å²) in [5.41, 5.74) is 1.72. The molecule has 1 aliphatic rings. The van der Waals surface area contributed by atoms with Gasteiger partial charge in [-0.05, 0) is 57.0 Å². The summed E-state index contributed by atoms with van der Waals surface area (Å²) in [6.07, 6.45) is 1.42. The van der Waals surface area contributed by atoms with Crippen LogP contribution < -0.4 is 0 Å². The number of hydrogen-bond donors (Lipinski definition) is 1.